The van der Waals surface area contributed by atoms with Crippen LogP contribution >= 0.6 is 0 Å². The van der Waals surface area contributed by atoms with Gasteiger partial charge in [-0.25, -0.2) is 9.67 Å². The zero-order valence-electron chi connectivity index (χ0n) is 19.4. The van der Waals surface area contributed by atoms with Gasteiger partial charge < -0.3 is 4.90 Å². The first kappa shape index (κ1) is 20.8. The van der Waals surface area contributed by atoms with Crippen molar-refractivity contribution in [3.05, 3.63) is 97.1 Å². The second-order valence-electron chi connectivity index (χ2n) is 9.07. The first-order chi connectivity index (χ1) is 16.7. The van der Waals surface area contributed by atoms with Crippen molar-refractivity contribution in [3.63, 3.8) is 0 Å². The zero-order valence-corrected chi connectivity index (χ0v) is 19.4. The molecule has 1 saturated heterocycles. The molecule has 6 heteroatoms. The quantitative estimate of drug-likeness (QED) is 0.394. The minimum absolute atomic E-state index is 0.946. The minimum atomic E-state index is 0.946. The van der Waals surface area contributed by atoms with Gasteiger partial charge in [-0.15, -0.1) is 0 Å². The van der Waals surface area contributed by atoms with Crippen LogP contribution in [0.3, 0.4) is 0 Å². The average Bonchev–Trinajstić information content (AvgIpc) is 3.56. The highest BCUT2D eigenvalue weighted by atomic mass is 15.3. The Balaban J connectivity index is 1.27. The highest BCUT2D eigenvalue weighted by molar-refractivity contribution is 5.72. The smallest absolute Gasteiger partial charge is 0.137 e. The Morgan fingerprint density at radius 2 is 1.62 bits per heavy atom. The molecule has 0 bridgehead atoms. The number of nitrogens with zero attached hydrogens (tertiary/aromatic N) is 6. The van der Waals surface area contributed by atoms with Crippen LogP contribution in [0, 0.1) is 0 Å². The summed E-state index contributed by atoms with van der Waals surface area (Å²) in [5, 5.41) is 4.35. The summed E-state index contributed by atoms with van der Waals surface area (Å²) in [5.74, 6) is 0. The third kappa shape index (κ3) is 4.14. The van der Waals surface area contributed by atoms with E-state index in [1.54, 1.807) is 6.20 Å². The van der Waals surface area contributed by atoms with E-state index < -0.39 is 0 Å². The summed E-state index contributed by atoms with van der Waals surface area (Å²) in [6, 6.07) is 23.6. The largest absolute Gasteiger partial charge is 0.304 e. The Hall–Kier alpha value is -3.74. The molecule has 0 amide bonds. The van der Waals surface area contributed by atoms with Gasteiger partial charge in [-0.1, -0.05) is 30.3 Å². The number of aromatic nitrogens is 4. The van der Waals surface area contributed by atoms with Gasteiger partial charge in [0.1, 0.15) is 5.65 Å². The zero-order chi connectivity index (χ0) is 22.9. The van der Waals surface area contributed by atoms with Crippen LogP contribution in [-0.2, 0) is 6.54 Å². The van der Waals surface area contributed by atoms with Crippen LogP contribution in [0.25, 0.3) is 33.7 Å². The van der Waals surface area contributed by atoms with Gasteiger partial charge in [0.15, 0.2) is 0 Å². The van der Waals surface area contributed by atoms with Crippen LogP contribution in [0.1, 0.15) is 5.56 Å². The lowest BCUT2D eigenvalue weighted by atomic mass is 10.0. The number of hydrogen-bond donors (Lipinski definition) is 0. The Morgan fingerprint density at radius 1 is 0.794 bits per heavy atom. The van der Waals surface area contributed by atoms with Crippen LogP contribution < -0.4 is 0 Å². The molecular weight excluding hydrogens is 420 g/mol. The molecule has 170 valence electrons. The maximum atomic E-state index is 4.72. The maximum Gasteiger partial charge on any atom is 0.137 e. The number of hydrogen-bond acceptors (Lipinski definition) is 4. The average molecular weight is 449 g/mol. The van der Waals surface area contributed by atoms with E-state index in [1.807, 2.05) is 23.1 Å². The number of pyridine rings is 1. The Bertz CT molecular complexity index is 1410. The molecule has 5 aromatic rings. The van der Waals surface area contributed by atoms with E-state index in [2.05, 4.69) is 93.2 Å². The predicted molar refractivity (Wildman–Crippen MR) is 136 cm³/mol. The van der Waals surface area contributed by atoms with Crippen molar-refractivity contribution in [2.24, 2.45) is 0 Å². The molecule has 3 aromatic heterocycles. The molecule has 1 aliphatic rings. The van der Waals surface area contributed by atoms with Gasteiger partial charge in [0.25, 0.3) is 0 Å². The van der Waals surface area contributed by atoms with Gasteiger partial charge in [0, 0.05) is 56.9 Å². The van der Waals surface area contributed by atoms with E-state index in [9.17, 15) is 0 Å². The van der Waals surface area contributed by atoms with Gasteiger partial charge in [0.05, 0.1) is 17.6 Å². The SMILES string of the molecule is CN1CCN(Cc2cccc(-c3ccn4c(-c5cccc(-n6cccn6)c5)cnc4c3)c2)CC1. The van der Waals surface area contributed by atoms with Crippen molar-refractivity contribution < 1.29 is 0 Å². The highest BCUT2D eigenvalue weighted by Crippen LogP contribution is 2.27. The van der Waals surface area contributed by atoms with Crippen LogP contribution in [0.5, 0.6) is 0 Å². The van der Waals surface area contributed by atoms with E-state index in [1.165, 1.54) is 16.7 Å². The predicted octanol–water partition coefficient (Wildman–Crippen LogP) is 4.60. The topological polar surface area (TPSA) is 41.6 Å². The molecule has 1 fully saturated rings. The molecule has 0 unspecified atom stereocenters. The van der Waals surface area contributed by atoms with E-state index in [0.29, 0.717) is 0 Å². The van der Waals surface area contributed by atoms with Crippen molar-refractivity contribution in [1.29, 1.82) is 0 Å². The standard InChI is InChI=1S/C28H28N6/c1-31-13-15-32(16-14-31)21-22-5-2-6-23(17-22)24-9-12-33-27(20-29-28(33)19-24)25-7-3-8-26(18-25)34-11-4-10-30-34/h2-12,17-20H,13-16,21H2,1H3. The highest BCUT2D eigenvalue weighted by Gasteiger charge is 2.14. The van der Waals surface area contributed by atoms with Gasteiger partial charge in [-0.2, -0.15) is 5.10 Å². The van der Waals surface area contributed by atoms with Crippen LogP contribution in [-0.4, -0.2) is 62.2 Å². The number of likely N-dealkylation sites (N-methyl/N-ethyl adjacent to an activating group) is 1. The molecule has 0 radical (unpaired) electrons. The molecule has 2 aromatic carbocycles. The second-order valence-corrected chi connectivity index (χ2v) is 9.07. The lowest BCUT2D eigenvalue weighted by molar-refractivity contribution is 0.148. The first-order valence-corrected chi connectivity index (χ1v) is 11.8. The van der Waals surface area contributed by atoms with Crippen LogP contribution in [0.15, 0.2) is 91.5 Å². The molecular formula is C28H28N6. The third-order valence-electron chi connectivity index (χ3n) is 6.69. The maximum absolute atomic E-state index is 4.72. The fraction of sp³-hybridized carbons (Fsp3) is 0.214. The molecule has 0 saturated carbocycles. The molecule has 1 aliphatic heterocycles. The summed E-state index contributed by atoms with van der Waals surface area (Å²) in [6.07, 6.45) is 7.83. The summed E-state index contributed by atoms with van der Waals surface area (Å²) in [5.41, 5.74) is 7.95. The molecule has 4 heterocycles. The lowest BCUT2D eigenvalue weighted by Gasteiger charge is -2.32. The summed E-state index contributed by atoms with van der Waals surface area (Å²) < 4.78 is 4.03. The Kier molecular flexibility index (Phi) is 5.45. The van der Waals surface area contributed by atoms with Crippen molar-refractivity contribution in [1.82, 2.24) is 29.0 Å². The molecule has 34 heavy (non-hydrogen) atoms. The van der Waals surface area contributed by atoms with Crippen molar-refractivity contribution in [2.75, 3.05) is 33.2 Å². The summed E-state index contributed by atoms with van der Waals surface area (Å²) in [4.78, 5) is 9.66. The van der Waals surface area contributed by atoms with E-state index >= 15 is 0 Å². The number of benzene rings is 2. The number of imidazole rings is 1. The Morgan fingerprint density at radius 3 is 2.47 bits per heavy atom. The minimum Gasteiger partial charge on any atom is -0.304 e. The van der Waals surface area contributed by atoms with Gasteiger partial charge in [0.2, 0.25) is 0 Å². The van der Waals surface area contributed by atoms with Crippen molar-refractivity contribution >= 4 is 5.65 Å². The normalized spacial score (nSPS) is 15.2. The van der Waals surface area contributed by atoms with Gasteiger partial charge in [-0.3, -0.25) is 9.30 Å². The number of piperazine rings is 1. The number of fused-ring (bicyclic) bond motifs is 1. The monoisotopic (exact) mass is 448 g/mol. The van der Waals surface area contributed by atoms with Crippen molar-refractivity contribution in [3.8, 4) is 28.1 Å². The van der Waals surface area contributed by atoms with Gasteiger partial charge >= 0.3 is 0 Å². The fourth-order valence-corrected chi connectivity index (χ4v) is 4.72. The molecule has 6 nitrogen and oxygen atoms in total. The van der Waals surface area contributed by atoms with Gasteiger partial charge in [-0.05, 0) is 60.1 Å². The van der Waals surface area contributed by atoms with Crippen LogP contribution in [0.4, 0.5) is 0 Å². The molecule has 6 rings (SSSR count). The molecule has 0 spiro atoms. The lowest BCUT2D eigenvalue weighted by Crippen LogP contribution is -2.43. The van der Waals surface area contributed by atoms with Crippen molar-refractivity contribution in [2.45, 2.75) is 6.54 Å². The van der Waals surface area contributed by atoms with E-state index in [0.717, 1.165) is 55.3 Å². The summed E-state index contributed by atoms with van der Waals surface area (Å²) in [7, 11) is 2.20. The molecule has 0 aliphatic carbocycles. The Labute approximate surface area is 199 Å². The first-order valence-electron chi connectivity index (χ1n) is 11.8. The summed E-state index contributed by atoms with van der Waals surface area (Å²) in [6.45, 7) is 5.55. The second kappa shape index (κ2) is 8.89. The summed E-state index contributed by atoms with van der Waals surface area (Å²) >= 11 is 0. The van der Waals surface area contributed by atoms with E-state index in [4.69, 9.17) is 4.98 Å². The molecule has 0 N–H and O–H groups in total. The molecule has 0 atom stereocenters. The third-order valence-corrected chi connectivity index (χ3v) is 6.69. The van der Waals surface area contributed by atoms with Crippen LogP contribution in [0.2, 0.25) is 0 Å². The van der Waals surface area contributed by atoms with E-state index in [-0.39, 0.29) is 0 Å². The number of rotatable bonds is 5. The fourth-order valence-electron chi connectivity index (χ4n) is 4.72.